The summed E-state index contributed by atoms with van der Waals surface area (Å²) < 4.78 is 41.4. The van der Waals surface area contributed by atoms with Crippen LogP contribution in [-0.4, -0.2) is 166 Å². The van der Waals surface area contributed by atoms with Gasteiger partial charge >= 0.3 is 13.3 Å². The average molecular weight is 1510 g/mol. The Morgan fingerprint density at radius 2 is 1.37 bits per heavy atom. The number of aromatic amines is 1. The van der Waals surface area contributed by atoms with Crippen LogP contribution in [0.15, 0.2) is 139 Å². The van der Waals surface area contributed by atoms with E-state index in [4.69, 9.17) is 5.73 Å². The molecule has 28 heteroatoms. The van der Waals surface area contributed by atoms with Crippen molar-refractivity contribution in [2.24, 2.45) is 5.73 Å². The number of benzene rings is 5. The molecule has 6 heterocycles. The van der Waals surface area contributed by atoms with Crippen molar-refractivity contribution in [3.05, 3.63) is 184 Å². The van der Waals surface area contributed by atoms with Gasteiger partial charge in [-0.3, -0.25) is 47.7 Å². The number of hydrogen-bond acceptors (Lipinski definition) is 13. The fraction of sp³-hybridized carbons (Fsp3) is 0.443. The van der Waals surface area contributed by atoms with Gasteiger partial charge in [-0.05, 0) is 136 Å². The maximum Gasteiger partial charge on any atom is 0.399 e. The summed E-state index contributed by atoms with van der Waals surface area (Å²) in [6, 6.07) is 30.7. The van der Waals surface area contributed by atoms with Crippen molar-refractivity contribution < 1.29 is 71.4 Å². The van der Waals surface area contributed by atoms with Crippen molar-refractivity contribution in [1.29, 1.82) is 0 Å². The number of alkyl halides is 2. The number of fused-ring (bicyclic) bond motifs is 2. The number of likely N-dealkylation sites (tertiary alicyclic amines) is 2. The highest BCUT2D eigenvalue weighted by Gasteiger charge is 2.51. The van der Waals surface area contributed by atoms with E-state index in [1.54, 1.807) is 28.4 Å². The molecule has 24 nitrogen and oxygen atoms in total. The molecule has 5 aromatic carbocycles. The van der Waals surface area contributed by atoms with Gasteiger partial charge in [0, 0.05) is 73.5 Å². The van der Waals surface area contributed by atoms with Crippen LogP contribution in [0.2, 0.25) is 0 Å². The van der Waals surface area contributed by atoms with Gasteiger partial charge in [-0.15, -0.1) is 11.3 Å². The summed E-state index contributed by atoms with van der Waals surface area (Å²) in [6.07, 6.45) is 9.46. The number of nitrogens with zero attached hydrogens (tertiary/aromatic N) is 5. The second-order valence-electron chi connectivity index (χ2n) is 28.6. The molecule has 4 aliphatic heterocycles. The quantitative estimate of drug-likeness (QED) is 0.0149. The number of aliphatic hydroxyl groups excluding tert-OH is 1. The van der Waals surface area contributed by atoms with Gasteiger partial charge in [-0.2, -0.15) is 8.78 Å². The molecule has 0 spiro atoms. The van der Waals surface area contributed by atoms with Crippen molar-refractivity contribution in [1.82, 2.24) is 50.8 Å². The monoisotopic (exact) mass is 1510 g/mol. The molecule has 0 radical (unpaired) electrons. The summed E-state index contributed by atoms with van der Waals surface area (Å²) in [4.78, 5) is 160. The molecule has 0 unspecified atom stereocenters. The third-order valence-corrected chi connectivity index (χ3v) is 23.1. The predicted octanol–water partition coefficient (Wildman–Crippen LogP) is 9.76. The fourth-order valence-electron chi connectivity index (χ4n) is 15.2. The Hall–Kier alpha value is -9.53. The molecule has 9 amide bonds. The molecule has 0 saturated carbocycles. The number of aromatic nitrogens is 2. The number of primary amides is 1. The van der Waals surface area contributed by atoms with Crippen molar-refractivity contribution in [2.75, 3.05) is 26.2 Å². The standard InChI is InChI=1S/C79H94F2N11O13PS/c1-49(52-30-32-55(33-31-52)71-50(2)83-48-107-71)84-75(99)67-45-60(93)46-91(67)78(102)66-24-17-18-41-90(66)76(100)56-28-26-51(27-29-56)19-11-7-5-3-4-6-8-16-25-69(95)89-42-40-59-35-38-65(74(98)86-62(37-39-68(82)94)72(96)88-70(53-20-12-9-13-21-53)54-22-14-10-15-23-54)92(59)77(101)64(47-89)87-73(97)63-44-57-43-58(34-36-61(57)85-63)79(80,81)106(103,104)105/h9-10,12-15,20-23,26-34,36,43-44,48-49,59-60,62,64-67,70,85,93H,3-8,11,16-19,24-25,35,37-42,45-47H2,1-2H3,(H2,82,94)(H,84,99)(H,86,98)(H,87,97)(H,88,96)(H2,103,104,105)/t49-,59+,60+,62-,64-,65-,66-,67-/m0/s1. The van der Waals surface area contributed by atoms with E-state index in [0.717, 1.165) is 121 Å². The number of amides is 9. The van der Waals surface area contributed by atoms with Crippen molar-refractivity contribution >= 4 is 83.0 Å². The Labute approximate surface area is 624 Å². The minimum atomic E-state index is -5.94. The van der Waals surface area contributed by atoms with Crippen LogP contribution in [0.5, 0.6) is 0 Å². The largest absolute Gasteiger partial charge is 0.399 e. The number of thiazole rings is 1. The second kappa shape index (κ2) is 35.5. The number of carbonyl (C=O) groups is 9. The van der Waals surface area contributed by atoms with Crippen LogP contribution in [0, 0.1) is 6.92 Å². The lowest BCUT2D eigenvalue weighted by atomic mass is 9.98. The third-order valence-electron chi connectivity index (χ3n) is 21.1. The Balaban J connectivity index is 0.655. The molecule has 11 rings (SSSR count). The zero-order valence-electron chi connectivity index (χ0n) is 60.1. The number of hydrogen-bond donors (Lipinski definition) is 9. The Kier molecular flexibility index (Phi) is 26.0. The maximum atomic E-state index is 15.1. The number of carbonyl (C=O) groups excluding carboxylic acids is 9. The van der Waals surface area contributed by atoms with Gasteiger partial charge in [0.2, 0.25) is 41.4 Å². The Bertz CT molecular complexity index is 4330. The minimum absolute atomic E-state index is 0.000890. The van der Waals surface area contributed by atoms with Crippen molar-refractivity contribution in [3.63, 3.8) is 0 Å². The molecule has 4 saturated heterocycles. The first-order valence-electron chi connectivity index (χ1n) is 37.0. The van der Waals surface area contributed by atoms with Crippen LogP contribution in [0.1, 0.15) is 189 Å². The Morgan fingerprint density at radius 3 is 2.03 bits per heavy atom. The molecule has 107 heavy (non-hydrogen) atoms. The topological polar surface area (TPSA) is 347 Å². The van der Waals surface area contributed by atoms with E-state index in [1.807, 2.05) is 116 Å². The summed E-state index contributed by atoms with van der Waals surface area (Å²) in [5, 5.41) is 22.5. The number of rotatable bonds is 30. The van der Waals surface area contributed by atoms with Crippen LogP contribution >= 0.6 is 18.9 Å². The highest BCUT2D eigenvalue weighted by Crippen LogP contribution is 2.59. The maximum absolute atomic E-state index is 15.1. The number of unbranched alkanes of at least 4 members (excludes halogenated alkanes) is 7. The summed E-state index contributed by atoms with van der Waals surface area (Å²) in [5.41, 5.74) is 7.75. The number of aliphatic hydroxyl groups is 1. The van der Waals surface area contributed by atoms with Gasteiger partial charge in [-0.25, -0.2) is 4.98 Å². The van der Waals surface area contributed by atoms with E-state index >= 15 is 4.79 Å². The zero-order valence-corrected chi connectivity index (χ0v) is 61.8. The van der Waals surface area contributed by atoms with E-state index < -0.39 is 96.8 Å². The normalized spacial score (nSPS) is 19.7. The van der Waals surface area contributed by atoms with Crippen LogP contribution in [0.3, 0.4) is 0 Å². The molecule has 0 bridgehead atoms. The van der Waals surface area contributed by atoms with Crippen LogP contribution < -0.4 is 27.0 Å². The molecule has 7 aromatic rings. The lowest BCUT2D eigenvalue weighted by Crippen LogP contribution is -2.62. The molecule has 4 aliphatic rings. The summed E-state index contributed by atoms with van der Waals surface area (Å²) in [6.45, 7) is 4.11. The molecule has 568 valence electrons. The van der Waals surface area contributed by atoms with Gasteiger partial charge < -0.3 is 66.5 Å². The van der Waals surface area contributed by atoms with Crippen molar-refractivity contribution in [3.8, 4) is 10.4 Å². The van der Waals surface area contributed by atoms with Gasteiger partial charge in [0.05, 0.1) is 34.3 Å². The predicted molar refractivity (Wildman–Crippen MR) is 399 cm³/mol. The molecule has 2 aromatic heterocycles. The number of nitrogens with two attached hydrogens (primary N) is 1. The molecule has 8 atom stereocenters. The minimum Gasteiger partial charge on any atom is -0.391 e. The van der Waals surface area contributed by atoms with E-state index in [-0.39, 0.29) is 104 Å². The van der Waals surface area contributed by atoms with E-state index in [2.05, 4.69) is 31.2 Å². The number of aryl methyl sites for hydroxylation is 2. The molecule has 10 N–H and O–H groups in total. The average Bonchev–Trinajstić information content (AvgIpc) is 1.75. The SMILES string of the molecule is Cc1ncsc1-c1ccc([C@H](C)NC(=O)[C@@H]2C[C@@H](O)CN2C(=O)[C@@H]2CCCCN2C(=O)c2ccc(CCCCCCCCCCC(=O)N3CC[C@H]4CC[C@@H](C(=O)N[C@@H](CCC(N)=O)C(=O)NC(c5ccccc5)c5ccccc5)N4C(=O)[C@@H](NC(=O)c4cc5cc(C(F)(F)P(=O)(O)O)ccc5[nH]4)C3)cc2)cc1. The summed E-state index contributed by atoms with van der Waals surface area (Å²) in [7, 11) is -5.94. The van der Waals surface area contributed by atoms with Gasteiger partial charge in [0.1, 0.15) is 35.9 Å². The highest BCUT2D eigenvalue weighted by atomic mass is 32.1. The van der Waals surface area contributed by atoms with Gasteiger partial charge in [-0.1, -0.05) is 142 Å². The van der Waals surface area contributed by atoms with E-state index in [0.29, 0.717) is 31.4 Å². The van der Waals surface area contributed by atoms with Crippen LogP contribution in [0.4, 0.5) is 8.78 Å². The first-order chi connectivity index (χ1) is 51.3. The fourth-order valence-corrected chi connectivity index (χ4v) is 16.4. The first-order valence-corrected chi connectivity index (χ1v) is 39.5. The third kappa shape index (κ3) is 19.3. The zero-order chi connectivity index (χ0) is 76.1. The van der Waals surface area contributed by atoms with Crippen LogP contribution in [-0.2, 0) is 50.2 Å². The Morgan fingerprint density at radius 1 is 0.710 bits per heavy atom. The van der Waals surface area contributed by atoms with Crippen LogP contribution in [0.25, 0.3) is 21.3 Å². The summed E-state index contributed by atoms with van der Waals surface area (Å²) in [5.74, 6) is -4.78. The molecular weight excluding hydrogens is 1410 g/mol. The molecule has 4 fully saturated rings. The summed E-state index contributed by atoms with van der Waals surface area (Å²) >= 11 is 1.56. The number of halogens is 2. The molecular formula is C79H94F2N11O13PS. The lowest BCUT2D eigenvalue weighted by Gasteiger charge is -2.39. The van der Waals surface area contributed by atoms with E-state index in [1.165, 1.54) is 20.8 Å². The highest BCUT2D eigenvalue weighted by molar-refractivity contribution is 7.52. The van der Waals surface area contributed by atoms with E-state index in [9.17, 15) is 66.6 Å². The van der Waals surface area contributed by atoms with Gasteiger partial charge in [0.25, 0.3) is 11.8 Å². The second-order valence-corrected chi connectivity index (χ2v) is 31.1. The first kappa shape index (κ1) is 78.5. The number of nitrogens with one attached hydrogen (secondary N) is 5. The van der Waals surface area contributed by atoms with Gasteiger partial charge in [0.15, 0.2) is 0 Å². The number of β-amino-alcohol motifs (C(OH)–C–C–N with tert-alkyl or cyclic N) is 1. The number of piperidine rings is 1. The smallest absolute Gasteiger partial charge is 0.391 e. The lowest BCUT2D eigenvalue weighted by molar-refractivity contribution is -0.145. The van der Waals surface area contributed by atoms with Crippen molar-refractivity contribution in [2.45, 2.75) is 196 Å². The molecule has 0 aliphatic carbocycles. The number of H-pyrrole nitrogens is 1.